The van der Waals surface area contributed by atoms with Gasteiger partial charge in [-0.3, -0.25) is 9.59 Å². The molecule has 174 valence electrons. The maximum atomic E-state index is 12.8. The number of anilines is 2. The lowest BCUT2D eigenvalue weighted by Crippen LogP contribution is -2.23. The molecule has 1 unspecified atom stereocenters. The molecule has 2 amide bonds. The fourth-order valence-corrected chi connectivity index (χ4v) is 6.02. The minimum absolute atomic E-state index is 0.0600. The van der Waals surface area contributed by atoms with Crippen molar-refractivity contribution in [1.82, 2.24) is 4.98 Å². The van der Waals surface area contributed by atoms with Gasteiger partial charge in [-0.25, -0.2) is 4.98 Å². The second kappa shape index (κ2) is 10.2. The number of thioether (sulfide) groups is 1. The zero-order valence-electron chi connectivity index (χ0n) is 19.2. The Hall–Kier alpha value is -2.87. The van der Waals surface area contributed by atoms with E-state index in [4.69, 9.17) is 11.6 Å². The largest absolute Gasteiger partial charge is 0.325 e. The second-order valence-electron chi connectivity index (χ2n) is 8.15. The van der Waals surface area contributed by atoms with E-state index in [1.807, 2.05) is 45.9 Å². The van der Waals surface area contributed by atoms with Crippen LogP contribution in [0.3, 0.4) is 0 Å². The highest BCUT2D eigenvalue weighted by molar-refractivity contribution is 8.02. The average molecular weight is 510 g/mol. The molecule has 8 heteroatoms. The van der Waals surface area contributed by atoms with E-state index < -0.39 is 0 Å². The summed E-state index contributed by atoms with van der Waals surface area (Å²) in [6.45, 7) is 7.93. The number of hydrogen-bond donors (Lipinski definition) is 2. The summed E-state index contributed by atoms with van der Waals surface area (Å²) in [6, 6.07) is 16.5. The highest BCUT2D eigenvalue weighted by Gasteiger charge is 2.19. The summed E-state index contributed by atoms with van der Waals surface area (Å²) in [5.74, 6) is -0.266. The Morgan fingerprint density at radius 2 is 1.65 bits per heavy atom. The summed E-state index contributed by atoms with van der Waals surface area (Å²) in [4.78, 5) is 30.0. The summed E-state index contributed by atoms with van der Waals surface area (Å²) in [7, 11) is 0. The molecule has 0 bridgehead atoms. The van der Waals surface area contributed by atoms with Crippen LogP contribution in [-0.2, 0) is 4.79 Å². The van der Waals surface area contributed by atoms with Gasteiger partial charge in [-0.15, -0.1) is 11.3 Å². The first-order valence-corrected chi connectivity index (χ1v) is 12.8. The van der Waals surface area contributed by atoms with Crippen LogP contribution >= 0.6 is 34.7 Å². The third-order valence-electron chi connectivity index (χ3n) is 5.31. The smallest absolute Gasteiger partial charge is 0.255 e. The molecule has 1 atom stereocenters. The Kier molecular flexibility index (Phi) is 7.26. The van der Waals surface area contributed by atoms with E-state index in [0.717, 1.165) is 31.4 Å². The summed E-state index contributed by atoms with van der Waals surface area (Å²) in [5.41, 5.74) is 6.19. The van der Waals surface area contributed by atoms with Gasteiger partial charge >= 0.3 is 0 Å². The number of hydrogen-bond acceptors (Lipinski definition) is 5. The molecule has 0 radical (unpaired) electrons. The molecule has 0 aliphatic carbocycles. The average Bonchev–Trinajstić information content (AvgIpc) is 3.17. The Morgan fingerprint density at radius 3 is 2.32 bits per heavy atom. The van der Waals surface area contributed by atoms with Crippen molar-refractivity contribution in [2.24, 2.45) is 0 Å². The van der Waals surface area contributed by atoms with Crippen molar-refractivity contribution >= 4 is 68.1 Å². The van der Waals surface area contributed by atoms with Gasteiger partial charge in [-0.1, -0.05) is 41.1 Å². The Bertz CT molecular complexity index is 1360. The Labute approximate surface area is 211 Å². The number of aromatic nitrogens is 1. The van der Waals surface area contributed by atoms with Gasteiger partial charge in [0, 0.05) is 22.0 Å². The lowest BCUT2D eigenvalue weighted by molar-refractivity contribution is -0.115. The molecule has 1 heterocycles. The van der Waals surface area contributed by atoms with E-state index in [0.29, 0.717) is 16.3 Å². The molecule has 0 aliphatic heterocycles. The van der Waals surface area contributed by atoms with Gasteiger partial charge in [0.15, 0.2) is 4.34 Å². The van der Waals surface area contributed by atoms with Gasteiger partial charge in [0.25, 0.3) is 5.91 Å². The van der Waals surface area contributed by atoms with E-state index in [2.05, 4.69) is 27.8 Å². The number of fused-ring (bicyclic) bond motifs is 1. The molecule has 4 rings (SSSR count). The van der Waals surface area contributed by atoms with Gasteiger partial charge in [-0.2, -0.15) is 0 Å². The van der Waals surface area contributed by atoms with Gasteiger partial charge in [-0.05, 0) is 81.3 Å². The van der Waals surface area contributed by atoms with E-state index in [1.165, 1.54) is 28.7 Å². The molecule has 0 saturated carbocycles. The maximum absolute atomic E-state index is 12.8. The molecule has 0 spiro atoms. The predicted octanol–water partition coefficient (Wildman–Crippen LogP) is 7.25. The van der Waals surface area contributed by atoms with Crippen molar-refractivity contribution in [2.75, 3.05) is 10.6 Å². The summed E-state index contributed by atoms with van der Waals surface area (Å²) in [5, 5.41) is 6.24. The van der Waals surface area contributed by atoms with Gasteiger partial charge in [0.1, 0.15) is 0 Å². The van der Waals surface area contributed by atoms with Gasteiger partial charge < -0.3 is 10.6 Å². The Morgan fingerprint density at radius 1 is 0.971 bits per heavy atom. The minimum atomic E-state index is -0.315. The molecule has 4 aromatic rings. The van der Waals surface area contributed by atoms with Crippen molar-refractivity contribution in [1.29, 1.82) is 0 Å². The number of aryl methyl sites for hydroxylation is 3. The third kappa shape index (κ3) is 5.60. The lowest BCUT2D eigenvalue weighted by atomic mass is 10.1. The molecule has 3 aromatic carbocycles. The zero-order valence-corrected chi connectivity index (χ0v) is 21.6. The van der Waals surface area contributed by atoms with Gasteiger partial charge in [0.2, 0.25) is 5.91 Å². The fraction of sp³-hybridized carbons (Fsp3) is 0.192. The van der Waals surface area contributed by atoms with Crippen LogP contribution in [0.4, 0.5) is 11.4 Å². The molecular weight excluding hydrogens is 486 g/mol. The molecule has 0 saturated heterocycles. The second-order valence-corrected chi connectivity index (χ2v) is 11.2. The summed E-state index contributed by atoms with van der Waals surface area (Å²) < 4.78 is 1.74. The number of nitrogens with one attached hydrogen (secondary N) is 2. The van der Waals surface area contributed by atoms with Crippen molar-refractivity contribution < 1.29 is 9.59 Å². The lowest BCUT2D eigenvalue weighted by Gasteiger charge is -2.15. The molecule has 0 fully saturated rings. The van der Waals surface area contributed by atoms with Gasteiger partial charge in [0.05, 0.1) is 15.5 Å². The highest BCUT2D eigenvalue weighted by atomic mass is 35.5. The van der Waals surface area contributed by atoms with Crippen LogP contribution in [0, 0.1) is 20.8 Å². The monoisotopic (exact) mass is 509 g/mol. The van der Waals surface area contributed by atoms with Crippen LogP contribution in [-0.4, -0.2) is 22.0 Å². The third-order valence-corrected chi connectivity index (χ3v) is 7.77. The topological polar surface area (TPSA) is 71.1 Å². The number of carbonyl (C=O) groups excluding carboxylic acids is 2. The fourth-order valence-electron chi connectivity index (χ4n) is 3.64. The normalized spacial score (nSPS) is 11.9. The van der Waals surface area contributed by atoms with E-state index in [-0.39, 0.29) is 17.1 Å². The first-order valence-electron chi connectivity index (χ1n) is 10.7. The van der Waals surface area contributed by atoms with Crippen molar-refractivity contribution in [2.45, 2.75) is 37.3 Å². The first-order chi connectivity index (χ1) is 16.2. The van der Waals surface area contributed by atoms with E-state index >= 15 is 0 Å². The van der Waals surface area contributed by atoms with Crippen LogP contribution < -0.4 is 10.6 Å². The van der Waals surface area contributed by atoms with Crippen LogP contribution in [0.2, 0.25) is 5.02 Å². The quantitative estimate of drug-likeness (QED) is 0.268. The summed E-state index contributed by atoms with van der Waals surface area (Å²) >= 11 is 8.82. The minimum Gasteiger partial charge on any atom is -0.325 e. The number of rotatable bonds is 6. The van der Waals surface area contributed by atoms with E-state index in [9.17, 15) is 9.59 Å². The van der Waals surface area contributed by atoms with Crippen LogP contribution in [0.1, 0.15) is 34.0 Å². The van der Waals surface area contributed by atoms with E-state index in [1.54, 1.807) is 24.3 Å². The number of nitrogens with zero attached hydrogens (tertiary/aromatic N) is 1. The highest BCUT2D eigenvalue weighted by Crippen LogP contribution is 2.34. The molecule has 2 N–H and O–H groups in total. The van der Waals surface area contributed by atoms with Crippen molar-refractivity contribution in [3.05, 3.63) is 81.9 Å². The molecule has 34 heavy (non-hydrogen) atoms. The van der Waals surface area contributed by atoms with Crippen LogP contribution in [0.5, 0.6) is 0 Å². The standard InChI is InChI=1S/C26H24ClN3O2S2/c1-14-11-15(2)23(16(3)12-14)30-24(31)17(4)33-26-29-21-10-9-20(13-22(21)34-26)28-25(32)18-5-7-19(27)8-6-18/h5-13,17H,1-4H3,(H,28,32)(H,30,31). The summed E-state index contributed by atoms with van der Waals surface area (Å²) in [6.07, 6.45) is 0. The van der Waals surface area contributed by atoms with Crippen LogP contribution in [0.15, 0.2) is 58.9 Å². The van der Waals surface area contributed by atoms with Crippen molar-refractivity contribution in [3.8, 4) is 0 Å². The maximum Gasteiger partial charge on any atom is 0.255 e. The zero-order chi connectivity index (χ0) is 24.4. The molecule has 1 aromatic heterocycles. The molecular formula is C26H24ClN3O2S2. The molecule has 0 aliphatic rings. The number of benzene rings is 3. The predicted molar refractivity (Wildman–Crippen MR) is 144 cm³/mol. The molecule has 5 nitrogen and oxygen atoms in total. The Balaban J connectivity index is 1.44. The number of carbonyl (C=O) groups is 2. The van der Waals surface area contributed by atoms with Crippen LogP contribution in [0.25, 0.3) is 10.2 Å². The SMILES string of the molecule is Cc1cc(C)c(NC(=O)C(C)Sc2nc3ccc(NC(=O)c4ccc(Cl)cc4)cc3s2)c(C)c1. The number of thiazole rings is 1. The van der Waals surface area contributed by atoms with Crippen molar-refractivity contribution in [3.63, 3.8) is 0 Å². The number of amides is 2. The number of halogens is 1. The first kappa shape index (κ1) is 24.3.